The first-order chi connectivity index (χ1) is 7.51. The minimum Gasteiger partial charge on any atom is -0.399 e. The van der Waals surface area contributed by atoms with Gasteiger partial charge in [-0.25, -0.2) is 8.42 Å². The Hall–Kier alpha value is -0.630. The summed E-state index contributed by atoms with van der Waals surface area (Å²) >= 11 is 3.20. The Morgan fingerprint density at radius 3 is 2.81 bits per heavy atom. The number of hydroxylamine groups is 1. The van der Waals surface area contributed by atoms with Gasteiger partial charge in [0, 0.05) is 16.7 Å². The molecule has 5 nitrogen and oxygen atoms in total. The second kappa shape index (κ2) is 4.33. The second-order valence-electron chi connectivity index (χ2n) is 3.41. The van der Waals surface area contributed by atoms with Crippen molar-refractivity contribution in [1.82, 2.24) is 4.47 Å². The van der Waals surface area contributed by atoms with Crippen LogP contribution in [0.5, 0.6) is 0 Å². The van der Waals surface area contributed by atoms with E-state index in [1.165, 1.54) is 6.07 Å². The molecule has 16 heavy (non-hydrogen) atoms. The molecule has 0 amide bonds. The maximum Gasteiger partial charge on any atom is 0.266 e. The van der Waals surface area contributed by atoms with Gasteiger partial charge >= 0.3 is 0 Å². The predicted molar refractivity (Wildman–Crippen MR) is 63.0 cm³/mol. The Bertz CT molecular complexity index is 497. The molecule has 1 aromatic rings. The first-order valence-corrected chi connectivity index (χ1v) is 6.96. The predicted octanol–water partition coefficient (Wildman–Crippen LogP) is 1.36. The highest BCUT2D eigenvalue weighted by Crippen LogP contribution is 2.28. The van der Waals surface area contributed by atoms with Crippen molar-refractivity contribution in [1.29, 1.82) is 0 Å². The molecule has 2 N–H and O–H groups in total. The van der Waals surface area contributed by atoms with Crippen LogP contribution in [-0.4, -0.2) is 26.0 Å². The molecule has 1 fully saturated rings. The molecule has 88 valence electrons. The lowest BCUT2D eigenvalue weighted by atomic mass is 10.3. The highest BCUT2D eigenvalue weighted by Gasteiger charge is 2.30. The summed E-state index contributed by atoms with van der Waals surface area (Å²) in [7, 11) is -3.61. The van der Waals surface area contributed by atoms with Crippen LogP contribution in [0.2, 0.25) is 0 Å². The van der Waals surface area contributed by atoms with Crippen LogP contribution in [0.4, 0.5) is 5.69 Å². The van der Waals surface area contributed by atoms with Crippen LogP contribution in [0.15, 0.2) is 27.6 Å². The van der Waals surface area contributed by atoms with Crippen LogP contribution in [0.3, 0.4) is 0 Å². The topological polar surface area (TPSA) is 72.6 Å². The molecule has 1 saturated heterocycles. The van der Waals surface area contributed by atoms with E-state index in [1.807, 2.05) is 0 Å². The molecule has 0 spiro atoms. The van der Waals surface area contributed by atoms with Crippen molar-refractivity contribution < 1.29 is 13.3 Å². The molecular formula is C9H11BrN2O3S. The smallest absolute Gasteiger partial charge is 0.266 e. The summed E-state index contributed by atoms with van der Waals surface area (Å²) in [6, 6.07) is 4.66. The number of nitrogens with zero attached hydrogens (tertiary/aromatic N) is 1. The lowest BCUT2D eigenvalue weighted by molar-refractivity contribution is -0.0284. The molecular weight excluding hydrogens is 296 g/mol. The normalized spacial score (nSPS) is 17.8. The Kier molecular flexibility index (Phi) is 3.20. The van der Waals surface area contributed by atoms with E-state index in [9.17, 15) is 8.42 Å². The lowest BCUT2D eigenvalue weighted by Crippen LogP contribution is -2.27. The second-order valence-corrected chi connectivity index (χ2v) is 6.06. The van der Waals surface area contributed by atoms with E-state index in [2.05, 4.69) is 15.9 Å². The first kappa shape index (κ1) is 11.8. The van der Waals surface area contributed by atoms with E-state index in [0.29, 0.717) is 29.7 Å². The molecule has 2 rings (SSSR count). The number of anilines is 1. The van der Waals surface area contributed by atoms with Crippen LogP contribution < -0.4 is 5.73 Å². The van der Waals surface area contributed by atoms with E-state index >= 15 is 0 Å². The molecule has 0 atom stereocenters. The van der Waals surface area contributed by atoms with Crippen molar-refractivity contribution in [2.24, 2.45) is 0 Å². The zero-order chi connectivity index (χ0) is 11.8. The number of benzene rings is 1. The number of halogens is 1. The molecule has 1 aliphatic rings. The number of nitrogens with two attached hydrogens (primary N) is 1. The zero-order valence-corrected chi connectivity index (χ0v) is 10.8. The van der Waals surface area contributed by atoms with Crippen molar-refractivity contribution >= 4 is 31.6 Å². The number of rotatable bonds is 2. The van der Waals surface area contributed by atoms with Gasteiger partial charge in [-0.05, 0) is 40.5 Å². The third-order valence-corrected chi connectivity index (χ3v) is 4.89. The van der Waals surface area contributed by atoms with Crippen LogP contribution in [0, 0.1) is 0 Å². The molecule has 0 radical (unpaired) electrons. The molecule has 7 heteroatoms. The molecule has 0 aliphatic carbocycles. The first-order valence-electron chi connectivity index (χ1n) is 4.72. The average Bonchev–Trinajstić information content (AvgIpc) is 2.75. The van der Waals surface area contributed by atoms with Crippen molar-refractivity contribution in [3.63, 3.8) is 0 Å². The van der Waals surface area contributed by atoms with Crippen LogP contribution in [-0.2, 0) is 14.9 Å². The van der Waals surface area contributed by atoms with Gasteiger partial charge in [0.1, 0.15) is 4.90 Å². The van der Waals surface area contributed by atoms with E-state index in [-0.39, 0.29) is 4.90 Å². The van der Waals surface area contributed by atoms with Crippen molar-refractivity contribution in [2.75, 3.05) is 18.9 Å². The van der Waals surface area contributed by atoms with Gasteiger partial charge in [-0.1, -0.05) is 4.47 Å². The molecule has 1 aromatic carbocycles. The molecule has 0 bridgehead atoms. The summed E-state index contributed by atoms with van der Waals surface area (Å²) in [5.74, 6) is 0. The quantitative estimate of drug-likeness (QED) is 0.837. The van der Waals surface area contributed by atoms with E-state index in [0.717, 1.165) is 4.47 Å². The van der Waals surface area contributed by atoms with Crippen molar-refractivity contribution in [3.8, 4) is 0 Å². The summed E-state index contributed by atoms with van der Waals surface area (Å²) in [4.78, 5) is 5.18. The third kappa shape index (κ3) is 2.08. The van der Waals surface area contributed by atoms with Gasteiger partial charge in [0.05, 0.1) is 6.61 Å². The van der Waals surface area contributed by atoms with Crippen molar-refractivity contribution in [2.45, 2.75) is 11.3 Å². The minimum absolute atomic E-state index is 0.134. The Morgan fingerprint density at radius 2 is 2.19 bits per heavy atom. The van der Waals surface area contributed by atoms with Crippen LogP contribution in [0.1, 0.15) is 6.42 Å². The molecule has 0 aromatic heterocycles. The fourth-order valence-electron chi connectivity index (χ4n) is 1.44. The van der Waals surface area contributed by atoms with Crippen LogP contribution in [0.25, 0.3) is 0 Å². The standard InChI is InChI=1S/C9H11BrN2O3S/c10-8-3-2-7(11)6-9(8)16(13,14)12-4-1-5-15-12/h2-3,6H,1,4-5,11H2. The summed E-state index contributed by atoms with van der Waals surface area (Å²) < 4.78 is 25.7. The maximum atomic E-state index is 12.1. The Morgan fingerprint density at radius 1 is 1.44 bits per heavy atom. The van der Waals surface area contributed by atoms with Gasteiger partial charge in [-0.15, -0.1) is 0 Å². The van der Waals surface area contributed by atoms with Gasteiger partial charge in [0.2, 0.25) is 0 Å². The van der Waals surface area contributed by atoms with Gasteiger partial charge in [-0.2, -0.15) is 0 Å². The van der Waals surface area contributed by atoms with Crippen molar-refractivity contribution in [3.05, 3.63) is 22.7 Å². The van der Waals surface area contributed by atoms with Gasteiger partial charge in [0.15, 0.2) is 0 Å². The molecule has 1 aliphatic heterocycles. The number of sulfonamides is 1. The molecule has 0 unspecified atom stereocenters. The largest absolute Gasteiger partial charge is 0.399 e. The lowest BCUT2D eigenvalue weighted by Gasteiger charge is -2.15. The van der Waals surface area contributed by atoms with Gasteiger partial charge in [0.25, 0.3) is 10.0 Å². The Labute approximate surface area is 102 Å². The fourth-order valence-corrected chi connectivity index (χ4v) is 3.70. The monoisotopic (exact) mass is 306 g/mol. The summed E-state index contributed by atoms with van der Waals surface area (Å²) in [5, 5.41) is 0. The number of hydrogen-bond donors (Lipinski definition) is 1. The van der Waals surface area contributed by atoms with E-state index in [1.54, 1.807) is 12.1 Å². The molecule has 1 heterocycles. The fraction of sp³-hybridized carbons (Fsp3) is 0.333. The number of hydrogen-bond acceptors (Lipinski definition) is 4. The SMILES string of the molecule is Nc1ccc(Br)c(S(=O)(=O)N2CCCO2)c1. The summed E-state index contributed by atoms with van der Waals surface area (Å²) in [5.41, 5.74) is 5.98. The minimum atomic E-state index is -3.61. The Balaban J connectivity index is 2.46. The average molecular weight is 307 g/mol. The number of nitrogen functional groups attached to an aromatic ring is 1. The van der Waals surface area contributed by atoms with E-state index in [4.69, 9.17) is 10.6 Å². The zero-order valence-electron chi connectivity index (χ0n) is 8.39. The summed E-state index contributed by atoms with van der Waals surface area (Å²) in [6.45, 7) is 0.808. The van der Waals surface area contributed by atoms with Gasteiger partial charge in [-0.3, -0.25) is 4.84 Å². The van der Waals surface area contributed by atoms with Crippen LogP contribution >= 0.6 is 15.9 Å². The highest BCUT2D eigenvalue weighted by atomic mass is 79.9. The third-order valence-electron chi connectivity index (χ3n) is 2.22. The maximum absolute atomic E-state index is 12.1. The van der Waals surface area contributed by atoms with E-state index < -0.39 is 10.0 Å². The summed E-state index contributed by atoms with van der Waals surface area (Å²) in [6.07, 6.45) is 0.708. The highest BCUT2D eigenvalue weighted by molar-refractivity contribution is 9.10. The molecule has 0 saturated carbocycles. The van der Waals surface area contributed by atoms with Gasteiger partial charge < -0.3 is 5.73 Å².